The van der Waals surface area contributed by atoms with E-state index in [2.05, 4.69) is 49.4 Å². The summed E-state index contributed by atoms with van der Waals surface area (Å²) in [5.41, 5.74) is 8.07. The first kappa shape index (κ1) is 63.3. The lowest BCUT2D eigenvalue weighted by Gasteiger charge is -2.19. The van der Waals surface area contributed by atoms with Crippen molar-refractivity contribution in [3.05, 3.63) is 244 Å². The minimum absolute atomic E-state index is 0.118. The van der Waals surface area contributed by atoms with Crippen molar-refractivity contribution in [2.24, 2.45) is 0 Å². The van der Waals surface area contributed by atoms with Crippen LogP contribution in [0.2, 0.25) is 0 Å². The molecule has 10 nitrogen and oxygen atoms in total. The smallest absolute Gasteiger partial charge is 0.169 e. The van der Waals surface area contributed by atoms with Crippen molar-refractivity contribution in [2.45, 2.75) is 72.8 Å². The number of aliphatic hydroxyl groups is 3. The van der Waals surface area contributed by atoms with Gasteiger partial charge in [0.25, 0.3) is 0 Å². The summed E-state index contributed by atoms with van der Waals surface area (Å²) in [4.78, 5) is 0. The van der Waals surface area contributed by atoms with Crippen LogP contribution in [0.25, 0.3) is 0 Å². The standard InChI is InChI=1S/C23H24FO4P.2C23H25O3P/c1-15(25)19-11-17(24)9-10-21(19)29-22-13-18(26-2)12-20(27-3)23(22)28-14-16-7-5-4-6-8-16;1-16-9-7-12-19(17(2)24)23(16)27-21-14-8-13-20(25-3)22(21)26-15-18-10-5-4-6-11-18;1-16-9-12-22(20(13-16)17(2)24)27-23-14-19(25-3)10-11-21(23)26-15-18-7-5-4-6-8-18/h4-13,15,25,29H,14H2,1-3H3;2*4-14,17,24,27H,15H2,1-3H3. The van der Waals surface area contributed by atoms with Crippen LogP contribution in [0.4, 0.5) is 4.39 Å². The molecule has 9 aromatic carbocycles. The number of hydrogen-bond donors (Lipinski definition) is 3. The lowest BCUT2D eigenvalue weighted by Crippen LogP contribution is -2.16. The van der Waals surface area contributed by atoms with Crippen molar-refractivity contribution in [3.8, 4) is 40.2 Å². The lowest BCUT2D eigenvalue weighted by molar-refractivity contribution is 0.199. The molecule has 0 aromatic heterocycles. The number of para-hydroxylation sites is 1. The van der Waals surface area contributed by atoms with Gasteiger partial charge in [-0.05, 0) is 132 Å². The molecule has 14 heteroatoms. The number of benzene rings is 9. The van der Waals surface area contributed by atoms with E-state index in [4.69, 9.17) is 33.2 Å². The Balaban J connectivity index is 0.000000179. The van der Waals surface area contributed by atoms with Gasteiger partial charge in [-0.15, -0.1) is 0 Å². The van der Waals surface area contributed by atoms with Gasteiger partial charge in [0.2, 0.25) is 0 Å². The van der Waals surface area contributed by atoms with Crippen LogP contribution in [-0.2, 0) is 19.8 Å². The summed E-state index contributed by atoms with van der Waals surface area (Å²) in [5.74, 6) is 4.56. The predicted molar refractivity (Wildman–Crippen MR) is 341 cm³/mol. The van der Waals surface area contributed by atoms with E-state index in [-0.39, 0.29) is 14.4 Å². The molecule has 0 aliphatic rings. The van der Waals surface area contributed by atoms with E-state index in [1.54, 1.807) is 61.3 Å². The molecule has 6 atom stereocenters. The molecule has 0 bridgehead atoms. The number of aryl methyl sites for hydroxylation is 2. The molecule has 9 aromatic rings. The first-order chi connectivity index (χ1) is 40.2. The third kappa shape index (κ3) is 18.3. The van der Waals surface area contributed by atoms with E-state index >= 15 is 0 Å². The van der Waals surface area contributed by atoms with Gasteiger partial charge in [0.1, 0.15) is 42.9 Å². The van der Waals surface area contributed by atoms with Gasteiger partial charge in [-0.1, -0.05) is 177 Å². The zero-order valence-electron chi connectivity index (χ0n) is 48.4. The number of ether oxygens (including phenoxy) is 7. The fourth-order valence-electron chi connectivity index (χ4n) is 8.84. The maximum absolute atomic E-state index is 13.7. The third-order valence-corrected chi connectivity index (χ3v) is 17.6. The van der Waals surface area contributed by atoms with Crippen LogP contribution in [0.5, 0.6) is 40.2 Å². The molecule has 0 saturated heterocycles. The first-order valence-corrected chi connectivity index (χ1v) is 30.1. The maximum Gasteiger partial charge on any atom is 0.169 e. The Morgan fingerprint density at radius 2 is 0.892 bits per heavy atom. The zero-order chi connectivity index (χ0) is 59.3. The van der Waals surface area contributed by atoms with Crippen LogP contribution in [-0.4, -0.2) is 43.8 Å². The first-order valence-electron chi connectivity index (χ1n) is 27.1. The number of rotatable bonds is 22. The minimum Gasteiger partial charge on any atom is -0.497 e. The molecule has 9 rings (SSSR count). The molecule has 432 valence electrons. The highest BCUT2D eigenvalue weighted by Gasteiger charge is 2.20. The van der Waals surface area contributed by atoms with Gasteiger partial charge in [0.15, 0.2) is 23.0 Å². The number of hydrogen-bond acceptors (Lipinski definition) is 10. The second kappa shape index (κ2) is 31.9. The minimum atomic E-state index is -0.783. The summed E-state index contributed by atoms with van der Waals surface area (Å²) >= 11 is 0. The molecule has 0 aliphatic carbocycles. The Morgan fingerprint density at radius 3 is 1.45 bits per heavy atom. The van der Waals surface area contributed by atoms with E-state index in [0.717, 1.165) is 88.2 Å². The maximum atomic E-state index is 13.7. The summed E-state index contributed by atoms with van der Waals surface area (Å²) in [7, 11) is 7.35. The van der Waals surface area contributed by atoms with Gasteiger partial charge < -0.3 is 48.5 Å². The molecule has 0 heterocycles. The number of methoxy groups -OCH3 is 4. The number of aliphatic hydroxyl groups excluding tert-OH is 3. The summed E-state index contributed by atoms with van der Waals surface area (Å²) in [6.07, 6.45) is -1.80. The monoisotopic (exact) mass is 1170 g/mol. The Morgan fingerprint density at radius 1 is 0.386 bits per heavy atom. The summed E-state index contributed by atoms with van der Waals surface area (Å²) in [6.45, 7) is 10.7. The largest absolute Gasteiger partial charge is 0.497 e. The zero-order valence-corrected chi connectivity index (χ0v) is 51.4. The Kier molecular flexibility index (Phi) is 24.3. The average Bonchev–Trinajstić information content (AvgIpc) is 3.69. The van der Waals surface area contributed by atoms with Gasteiger partial charge in [-0.25, -0.2) is 4.39 Å². The molecule has 0 spiro atoms. The highest BCUT2D eigenvalue weighted by atomic mass is 31.1. The topological polar surface area (TPSA) is 125 Å². The summed E-state index contributed by atoms with van der Waals surface area (Å²) in [6, 6.07) is 62.4. The summed E-state index contributed by atoms with van der Waals surface area (Å²) in [5, 5.41) is 36.5. The van der Waals surface area contributed by atoms with Crippen LogP contribution in [0.1, 0.15) is 83.6 Å². The van der Waals surface area contributed by atoms with E-state index in [1.165, 1.54) is 17.7 Å². The average molecular weight is 1180 g/mol. The molecule has 83 heavy (non-hydrogen) atoms. The fraction of sp³-hybridized carbons (Fsp3) is 0.217. The molecular formula is C69H74FO10P3. The van der Waals surface area contributed by atoms with E-state index in [0.29, 0.717) is 59.8 Å². The highest BCUT2D eigenvalue weighted by Crippen LogP contribution is 2.37. The van der Waals surface area contributed by atoms with Gasteiger partial charge in [0.05, 0.1) is 46.8 Å². The molecule has 0 radical (unpaired) electrons. The molecule has 0 saturated carbocycles. The number of halogens is 1. The van der Waals surface area contributed by atoms with E-state index in [1.807, 2.05) is 134 Å². The van der Waals surface area contributed by atoms with Crippen LogP contribution < -0.4 is 65.0 Å². The normalized spacial score (nSPS) is 12.3. The SMILES string of the molecule is COc1cc(OC)c(OCc2ccccc2)c(Pc2ccc(F)cc2C(C)O)c1.COc1ccc(OCc2ccccc2)c(Pc2ccc(C)cc2C(C)O)c1.COc1cccc(Pc2c(C)cccc2C(C)O)c1OCc1ccccc1. The highest BCUT2D eigenvalue weighted by molar-refractivity contribution is 7.56. The van der Waals surface area contributed by atoms with Crippen molar-refractivity contribution in [3.63, 3.8) is 0 Å². The summed E-state index contributed by atoms with van der Waals surface area (Å²) < 4.78 is 54.0. The van der Waals surface area contributed by atoms with E-state index < -0.39 is 18.3 Å². The van der Waals surface area contributed by atoms with Crippen molar-refractivity contribution in [2.75, 3.05) is 28.4 Å². The molecule has 6 unspecified atom stereocenters. The molecule has 3 N–H and O–H groups in total. The second-order valence-corrected chi connectivity index (χ2v) is 23.4. The van der Waals surface area contributed by atoms with Gasteiger partial charge >= 0.3 is 0 Å². The molecular weight excluding hydrogens is 1100 g/mol. The Labute approximate surface area is 493 Å². The predicted octanol–water partition coefficient (Wildman–Crippen LogP) is 12.6. The third-order valence-electron chi connectivity index (χ3n) is 13.2. The Hall–Kier alpha value is -7.32. The van der Waals surface area contributed by atoms with Crippen LogP contribution in [0.3, 0.4) is 0 Å². The van der Waals surface area contributed by atoms with Crippen molar-refractivity contribution >= 4 is 57.6 Å². The Bertz CT molecular complexity index is 3470. The molecule has 0 amide bonds. The van der Waals surface area contributed by atoms with Gasteiger partial charge in [0, 0.05) is 22.0 Å². The fourth-order valence-corrected chi connectivity index (χ4v) is 13.1. The van der Waals surface area contributed by atoms with Crippen molar-refractivity contribution in [1.29, 1.82) is 0 Å². The van der Waals surface area contributed by atoms with Crippen molar-refractivity contribution < 1.29 is 52.9 Å². The quantitative estimate of drug-likeness (QED) is 0.0565. The van der Waals surface area contributed by atoms with Crippen LogP contribution in [0.15, 0.2) is 194 Å². The van der Waals surface area contributed by atoms with Crippen LogP contribution in [0, 0.1) is 19.7 Å². The molecule has 0 fully saturated rings. The molecule has 0 aliphatic heterocycles. The van der Waals surface area contributed by atoms with Gasteiger partial charge in [-0.2, -0.15) is 0 Å². The van der Waals surface area contributed by atoms with Crippen LogP contribution >= 0.6 is 25.7 Å². The lowest BCUT2D eigenvalue weighted by atomic mass is 10.1. The van der Waals surface area contributed by atoms with Crippen molar-refractivity contribution in [1.82, 2.24) is 0 Å². The van der Waals surface area contributed by atoms with Gasteiger partial charge in [-0.3, -0.25) is 0 Å². The second-order valence-electron chi connectivity index (χ2n) is 19.5. The van der Waals surface area contributed by atoms with E-state index in [9.17, 15) is 19.7 Å².